The van der Waals surface area contributed by atoms with Crippen molar-refractivity contribution in [3.63, 3.8) is 0 Å². The summed E-state index contributed by atoms with van der Waals surface area (Å²) >= 11 is 0. The monoisotopic (exact) mass is 239 g/mol. The Morgan fingerprint density at radius 1 is 1.53 bits per heavy atom. The minimum Gasteiger partial charge on any atom is -0.480 e. The molecule has 0 aromatic carbocycles. The van der Waals surface area contributed by atoms with E-state index in [4.69, 9.17) is 9.52 Å². The lowest BCUT2D eigenvalue weighted by Crippen LogP contribution is -2.33. The number of carboxylic acids is 1. The Morgan fingerprint density at radius 3 is 2.59 bits per heavy atom. The fourth-order valence-corrected chi connectivity index (χ4v) is 2.13. The fraction of sp³-hybridized carbons (Fsp3) is 0.615. The molecule has 1 unspecified atom stereocenters. The third-order valence-corrected chi connectivity index (χ3v) is 2.93. The van der Waals surface area contributed by atoms with Crippen LogP contribution in [0.1, 0.15) is 43.4 Å². The first-order valence-electron chi connectivity index (χ1n) is 5.98. The quantitative estimate of drug-likeness (QED) is 0.829. The molecular formula is C13H21NO3. The predicted octanol–water partition coefficient (Wildman–Crippen LogP) is 2.75. The molecule has 0 saturated heterocycles. The van der Waals surface area contributed by atoms with Crippen LogP contribution < -0.4 is 0 Å². The molecule has 96 valence electrons. The van der Waals surface area contributed by atoms with Gasteiger partial charge in [-0.1, -0.05) is 6.92 Å². The number of carbonyl (C=O) groups is 1. The summed E-state index contributed by atoms with van der Waals surface area (Å²) < 4.78 is 5.49. The van der Waals surface area contributed by atoms with Gasteiger partial charge in [0.1, 0.15) is 11.5 Å². The predicted molar refractivity (Wildman–Crippen MR) is 66.1 cm³/mol. The van der Waals surface area contributed by atoms with Crippen LogP contribution in [0.2, 0.25) is 0 Å². The summed E-state index contributed by atoms with van der Waals surface area (Å²) in [4.78, 5) is 12.8. The van der Waals surface area contributed by atoms with Crippen LogP contribution >= 0.6 is 0 Å². The van der Waals surface area contributed by atoms with Crippen LogP contribution in [0, 0.1) is 13.8 Å². The second-order valence-electron chi connectivity index (χ2n) is 4.41. The summed E-state index contributed by atoms with van der Waals surface area (Å²) in [6.45, 7) is 8.75. The number of aliphatic carboxylic acids is 1. The van der Waals surface area contributed by atoms with Crippen molar-refractivity contribution in [2.75, 3.05) is 13.1 Å². The lowest BCUT2D eigenvalue weighted by molar-refractivity contribution is -0.138. The highest BCUT2D eigenvalue weighted by molar-refractivity contribution is 5.69. The molecular weight excluding hydrogens is 218 g/mol. The first kappa shape index (κ1) is 13.8. The lowest BCUT2D eigenvalue weighted by atomic mass is 10.1. The van der Waals surface area contributed by atoms with Crippen molar-refractivity contribution in [2.24, 2.45) is 0 Å². The summed E-state index contributed by atoms with van der Waals surface area (Å²) in [7, 11) is 0. The molecule has 0 aliphatic heterocycles. The molecule has 1 atom stereocenters. The van der Waals surface area contributed by atoms with Crippen molar-refractivity contribution in [2.45, 2.75) is 40.2 Å². The Labute approximate surface area is 102 Å². The van der Waals surface area contributed by atoms with E-state index in [2.05, 4.69) is 6.92 Å². The van der Waals surface area contributed by atoms with Gasteiger partial charge in [-0.15, -0.1) is 0 Å². The van der Waals surface area contributed by atoms with E-state index in [9.17, 15) is 4.79 Å². The number of nitrogens with zero attached hydrogens (tertiary/aromatic N) is 1. The lowest BCUT2D eigenvalue weighted by Gasteiger charge is -2.26. The van der Waals surface area contributed by atoms with E-state index in [1.807, 2.05) is 31.7 Å². The van der Waals surface area contributed by atoms with Gasteiger partial charge in [0, 0.05) is 11.6 Å². The normalized spacial score (nSPS) is 13.0. The molecule has 1 aromatic rings. The molecule has 0 aliphatic carbocycles. The fourth-order valence-electron chi connectivity index (χ4n) is 2.13. The minimum absolute atomic E-state index is 0.0681. The van der Waals surface area contributed by atoms with Crippen molar-refractivity contribution in [1.29, 1.82) is 0 Å². The van der Waals surface area contributed by atoms with Gasteiger partial charge in [-0.25, -0.2) is 0 Å². The average Bonchev–Trinajstić information content (AvgIpc) is 2.55. The Morgan fingerprint density at radius 2 is 2.18 bits per heavy atom. The van der Waals surface area contributed by atoms with E-state index < -0.39 is 5.97 Å². The van der Waals surface area contributed by atoms with Crippen LogP contribution in [0.3, 0.4) is 0 Å². The number of hydrogen-bond donors (Lipinski definition) is 1. The number of rotatable bonds is 6. The van der Waals surface area contributed by atoms with Gasteiger partial charge < -0.3 is 9.52 Å². The van der Waals surface area contributed by atoms with Gasteiger partial charge in [0.25, 0.3) is 0 Å². The van der Waals surface area contributed by atoms with Crippen LogP contribution in [-0.4, -0.2) is 29.1 Å². The van der Waals surface area contributed by atoms with Gasteiger partial charge in [0.2, 0.25) is 0 Å². The van der Waals surface area contributed by atoms with Gasteiger partial charge in [-0.3, -0.25) is 9.69 Å². The molecule has 1 heterocycles. The molecule has 0 fully saturated rings. The van der Waals surface area contributed by atoms with Crippen LogP contribution in [0.15, 0.2) is 10.5 Å². The molecule has 0 aliphatic rings. The van der Waals surface area contributed by atoms with E-state index in [0.717, 1.165) is 30.0 Å². The van der Waals surface area contributed by atoms with E-state index in [1.54, 1.807) is 0 Å². The van der Waals surface area contributed by atoms with E-state index in [1.165, 1.54) is 0 Å². The van der Waals surface area contributed by atoms with Gasteiger partial charge in [-0.2, -0.15) is 0 Å². The summed E-state index contributed by atoms with van der Waals surface area (Å²) in [5, 5.41) is 8.92. The molecule has 4 nitrogen and oxygen atoms in total. The first-order valence-corrected chi connectivity index (χ1v) is 5.98. The average molecular weight is 239 g/mol. The van der Waals surface area contributed by atoms with Crippen molar-refractivity contribution >= 4 is 5.97 Å². The molecule has 4 heteroatoms. The van der Waals surface area contributed by atoms with Crippen LogP contribution in [-0.2, 0) is 4.79 Å². The Hall–Kier alpha value is -1.29. The first-order chi connectivity index (χ1) is 7.95. The maximum Gasteiger partial charge on any atom is 0.317 e. The molecule has 0 amide bonds. The van der Waals surface area contributed by atoms with E-state index in [-0.39, 0.29) is 12.6 Å². The zero-order valence-electron chi connectivity index (χ0n) is 11.0. The standard InChI is InChI=1S/C13H21NO3/c1-5-6-14(8-13(15)16)10(3)12-7-9(2)17-11(12)4/h7,10H,5-6,8H2,1-4H3,(H,15,16). The highest BCUT2D eigenvalue weighted by Crippen LogP contribution is 2.26. The maximum atomic E-state index is 10.8. The molecule has 0 bridgehead atoms. The molecule has 1 rings (SSSR count). The van der Waals surface area contributed by atoms with Crippen molar-refractivity contribution in [3.8, 4) is 0 Å². The zero-order valence-corrected chi connectivity index (χ0v) is 11.0. The van der Waals surface area contributed by atoms with Crippen molar-refractivity contribution < 1.29 is 14.3 Å². The SMILES string of the molecule is CCCN(CC(=O)O)C(C)c1cc(C)oc1C. The summed E-state index contributed by atoms with van der Waals surface area (Å²) in [5.41, 5.74) is 1.08. The van der Waals surface area contributed by atoms with Crippen LogP contribution in [0.5, 0.6) is 0 Å². The second kappa shape index (κ2) is 5.87. The Bertz CT molecular complexity index is 384. The van der Waals surface area contributed by atoms with Gasteiger partial charge in [-0.05, 0) is 39.8 Å². The second-order valence-corrected chi connectivity index (χ2v) is 4.41. The van der Waals surface area contributed by atoms with Crippen molar-refractivity contribution in [1.82, 2.24) is 4.90 Å². The number of aryl methyl sites for hydroxylation is 2. The third kappa shape index (κ3) is 3.60. The molecule has 0 radical (unpaired) electrons. The summed E-state index contributed by atoms with van der Waals surface area (Å²) in [5.74, 6) is 0.959. The molecule has 0 spiro atoms. The number of hydrogen-bond acceptors (Lipinski definition) is 3. The minimum atomic E-state index is -0.789. The van der Waals surface area contributed by atoms with Crippen molar-refractivity contribution in [3.05, 3.63) is 23.2 Å². The maximum absolute atomic E-state index is 10.8. The number of furan rings is 1. The smallest absolute Gasteiger partial charge is 0.317 e. The Balaban J connectivity index is 2.86. The van der Waals surface area contributed by atoms with E-state index in [0.29, 0.717) is 0 Å². The molecule has 0 saturated carbocycles. The zero-order chi connectivity index (χ0) is 13.0. The Kier molecular flexibility index (Phi) is 4.75. The number of carboxylic acid groups (broad SMARTS) is 1. The van der Waals surface area contributed by atoms with Crippen LogP contribution in [0.25, 0.3) is 0 Å². The molecule has 1 N–H and O–H groups in total. The summed E-state index contributed by atoms with van der Waals surface area (Å²) in [6, 6.07) is 2.06. The van der Waals surface area contributed by atoms with Crippen LogP contribution in [0.4, 0.5) is 0 Å². The third-order valence-electron chi connectivity index (χ3n) is 2.93. The topological polar surface area (TPSA) is 53.7 Å². The molecule has 17 heavy (non-hydrogen) atoms. The largest absolute Gasteiger partial charge is 0.480 e. The summed E-state index contributed by atoms with van der Waals surface area (Å²) in [6.07, 6.45) is 0.938. The van der Waals surface area contributed by atoms with Gasteiger partial charge >= 0.3 is 5.97 Å². The van der Waals surface area contributed by atoms with Gasteiger partial charge in [0.05, 0.1) is 6.54 Å². The highest BCUT2D eigenvalue weighted by Gasteiger charge is 2.21. The molecule has 1 aromatic heterocycles. The van der Waals surface area contributed by atoms with E-state index >= 15 is 0 Å². The van der Waals surface area contributed by atoms with Gasteiger partial charge in [0.15, 0.2) is 0 Å². The highest BCUT2D eigenvalue weighted by atomic mass is 16.4.